The van der Waals surface area contributed by atoms with Gasteiger partial charge in [-0.05, 0) is 55.4 Å². The molecule has 2 aromatic rings. The van der Waals surface area contributed by atoms with Crippen LogP contribution in [0.15, 0.2) is 42.5 Å². The van der Waals surface area contributed by atoms with Crippen LogP contribution >= 0.6 is 23.8 Å². The van der Waals surface area contributed by atoms with E-state index in [2.05, 4.69) is 47.6 Å². The van der Waals surface area contributed by atoms with Gasteiger partial charge in [0.25, 0.3) is 5.91 Å². The molecule has 0 saturated carbocycles. The number of hydrogen-bond acceptors (Lipinski definition) is 2. The minimum atomic E-state index is -0.0207. The normalized spacial score (nSPS) is 14.6. The summed E-state index contributed by atoms with van der Waals surface area (Å²) in [4.78, 5) is 15.7. The maximum Gasteiger partial charge on any atom is 0.279 e. The Morgan fingerprint density at radius 3 is 2.54 bits per heavy atom. The lowest BCUT2D eigenvalue weighted by molar-refractivity contribution is -0.895. The summed E-state index contributed by atoms with van der Waals surface area (Å²) in [6.07, 6.45) is 0. The second-order valence-electron chi connectivity index (χ2n) is 7.19. The molecule has 0 spiro atoms. The van der Waals surface area contributed by atoms with Crippen LogP contribution in [0.1, 0.15) is 11.1 Å². The van der Waals surface area contributed by atoms with E-state index < -0.39 is 0 Å². The summed E-state index contributed by atoms with van der Waals surface area (Å²) in [5, 5.41) is 7.56. The molecule has 7 heteroatoms. The highest BCUT2D eigenvalue weighted by Gasteiger charge is 2.24. The summed E-state index contributed by atoms with van der Waals surface area (Å²) in [6, 6.07) is 13.6. The number of halogens is 1. The molecule has 148 valence electrons. The molecular formula is C21H26ClN4OS+. The number of aryl methyl sites for hydroxylation is 2. The minimum Gasteiger partial charge on any atom is -0.338 e. The van der Waals surface area contributed by atoms with Crippen molar-refractivity contribution in [1.29, 1.82) is 0 Å². The molecule has 1 aliphatic heterocycles. The molecule has 0 unspecified atom stereocenters. The molecule has 3 rings (SSSR count). The van der Waals surface area contributed by atoms with E-state index in [1.807, 2.05) is 18.2 Å². The molecular weight excluding hydrogens is 392 g/mol. The first-order valence-electron chi connectivity index (χ1n) is 9.43. The Hall–Kier alpha value is -2.15. The molecule has 0 aliphatic carbocycles. The maximum absolute atomic E-state index is 12.3. The van der Waals surface area contributed by atoms with Gasteiger partial charge in [-0.25, -0.2) is 0 Å². The van der Waals surface area contributed by atoms with Crippen molar-refractivity contribution in [3.05, 3.63) is 58.6 Å². The fraction of sp³-hybridized carbons (Fsp3) is 0.333. The van der Waals surface area contributed by atoms with Crippen LogP contribution in [0.5, 0.6) is 0 Å². The van der Waals surface area contributed by atoms with Gasteiger partial charge in [0.2, 0.25) is 0 Å². The van der Waals surface area contributed by atoms with Gasteiger partial charge in [0.15, 0.2) is 11.7 Å². The number of hydrogen-bond donors (Lipinski definition) is 3. The molecule has 0 radical (unpaired) electrons. The Labute approximate surface area is 176 Å². The lowest BCUT2D eigenvalue weighted by Gasteiger charge is -2.33. The fourth-order valence-electron chi connectivity index (χ4n) is 3.25. The highest BCUT2D eigenvalue weighted by molar-refractivity contribution is 7.80. The summed E-state index contributed by atoms with van der Waals surface area (Å²) in [6.45, 7) is 7.95. The standard InChI is InChI=1S/C21H25ClN4OS/c1-15-7-8-16(2)19(13-15)24-21(28)26-11-9-25(10-12-26)14-20(27)23-18-6-4-3-5-17(18)22/h3-8,13H,9-12,14H2,1-2H3,(H,23,27)(H,24,28)/p+1. The van der Waals surface area contributed by atoms with Gasteiger partial charge in [-0.15, -0.1) is 0 Å². The first-order valence-corrected chi connectivity index (χ1v) is 10.2. The third kappa shape index (κ3) is 5.44. The van der Waals surface area contributed by atoms with Crippen LogP contribution in [0.3, 0.4) is 0 Å². The van der Waals surface area contributed by atoms with Crippen LogP contribution in [-0.4, -0.2) is 48.6 Å². The zero-order valence-corrected chi connectivity index (χ0v) is 17.8. The third-order valence-electron chi connectivity index (χ3n) is 4.95. The number of quaternary nitrogens is 1. The maximum atomic E-state index is 12.3. The van der Waals surface area contributed by atoms with Crippen molar-refractivity contribution in [3.63, 3.8) is 0 Å². The van der Waals surface area contributed by atoms with Crippen LogP contribution < -0.4 is 15.5 Å². The van der Waals surface area contributed by atoms with Crippen LogP contribution in [0, 0.1) is 13.8 Å². The van der Waals surface area contributed by atoms with Crippen molar-refractivity contribution in [2.24, 2.45) is 0 Å². The largest absolute Gasteiger partial charge is 0.338 e. The molecule has 2 aromatic carbocycles. The van der Waals surface area contributed by atoms with Crippen LogP contribution in [0.25, 0.3) is 0 Å². The van der Waals surface area contributed by atoms with Crippen molar-refractivity contribution >= 4 is 46.2 Å². The van der Waals surface area contributed by atoms with Crippen molar-refractivity contribution in [3.8, 4) is 0 Å². The Bertz CT molecular complexity index is 865. The zero-order valence-electron chi connectivity index (χ0n) is 16.2. The summed E-state index contributed by atoms with van der Waals surface area (Å²) in [5.41, 5.74) is 4.09. The van der Waals surface area contributed by atoms with Crippen LogP contribution in [-0.2, 0) is 4.79 Å². The number of carbonyl (C=O) groups is 1. The number of nitrogens with zero attached hydrogens (tertiary/aromatic N) is 1. The number of rotatable bonds is 4. The molecule has 0 aromatic heterocycles. The summed E-state index contributed by atoms with van der Waals surface area (Å²) in [5.74, 6) is -0.0207. The number of nitrogens with one attached hydrogen (secondary N) is 3. The summed E-state index contributed by atoms with van der Waals surface area (Å²) < 4.78 is 0. The van der Waals surface area contributed by atoms with E-state index in [0.717, 1.165) is 37.0 Å². The topological polar surface area (TPSA) is 48.8 Å². The van der Waals surface area contributed by atoms with Gasteiger partial charge in [-0.3, -0.25) is 4.79 Å². The lowest BCUT2D eigenvalue weighted by Crippen LogP contribution is -3.15. The van der Waals surface area contributed by atoms with Crippen molar-refractivity contribution in [2.45, 2.75) is 13.8 Å². The van der Waals surface area contributed by atoms with Crippen LogP contribution in [0.4, 0.5) is 11.4 Å². The minimum absolute atomic E-state index is 0.0207. The molecule has 5 nitrogen and oxygen atoms in total. The van der Waals surface area contributed by atoms with Gasteiger partial charge in [-0.1, -0.05) is 35.9 Å². The van der Waals surface area contributed by atoms with Gasteiger partial charge in [0.1, 0.15) is 0 Å². The Morgan fingerprint density at radius 2 is 1.82 bits per heavy atom. The van der Waals surface area contributed by atoms with E-state index in [0.29, 0.717) is 17.3 Å². The van der Waals surface area contributed by atoms with Gasteiger partial charge in [0.05, 0.1) is 36.9 Å². The average Bonchev–Trinajstić information content (AvgIpc) is 2.67. The van der Waals surface area contributed by atoms with E-state index in [4.69, 9.17) is 23.8 Å². The number of para-hydroxylation sites is 1. The quantitative estimate of drug-likeness (QED) is 0.669. The monoisotopic (exact) mass is 417 g/mol. The number of amides is 1. The fourth-order valence-corrected chi connectivity index (χ4v) is 3.73. The first kappa shape index (κ1) is 20.6. The Balaban J connectivity index is 1.47. The average molecular weight is 418 g/mol. The molecule has 1 saturated heterocycles. The van der Waals surface area contributed by atoms with Crippen molar-refractivity contribution in [2.75, 3.05) is 43.4 Å². The van der Waals surface area contributed by atoms with E-state index in [9.17, 15) is 4.79 Å². The SMILES string of the molecule is Cc1ccc(C)c(NC(=S)N2CC[NH+](CC(=O)Nc3ccccc3Cl)CC2)c1. The van der Waals surface area contributed by atoms with Crippen molar-refractivity contribution < 1.29 is 9.69 Å². The van der Waals surface area contributed by atoms with Crippen LogP contribution in [0.2, 0.25) is 5.02 Å². The third-order valence-corrected chi connectivity index (χ3v) is 5.64. The van der Waals surface area contributed by atoms with E-state index in [-0.39, 0.29) is 5.91 Å². The van der Waals surface area contributed by atoms with Gasteiger partial charge < -0.3 is 20.4 Å². The molecule has 3 N–H and O–H groups in total. The smallest absolute Gasteiger partial charge is 0.279 e. The Kier molecular flexibility index (Phi) is 6.88. The number of carbonyl (C=O) groups excluding carboxylic acids is 1. The predicted octanol–water partition coefficient (Wildman–Crippen LogP) is 2.49. The number of anilines is 2. The second-order valence-corrected chi connectivity index (χ2v) is 7.98. The van der Waals surface area contributed by atoms with E-state index in [1.54, 1.807) is 6.07 Å². The molecule has 0 atom stereocenters. The molecule has 1 heterocycles. The zero-order chi connectivity index (χ0) is 20.1. The predicted molar refractivity (Wildman–Crippen MR) is 119 cm³/mol. The van der Waals surface area contributed by atoms with Gasteiger partial charge in [-0.2, -0.15) is 0 Å². The van der Waals surface area contributed by atoms with Gasteiger partial charge in [0, 0.05) is 5.69 Å². The molecule has 1 aliphatic rings. The summed E-state index contributed by atoms with van der Waals surface area (Å²) >= 11 is 11.7. The molecule has 1 fully saturated rings. The highest BCUT2D eigenvalue weighted by Crippen LogP contribution is 2.20. The first-order chi connectivity index (χ1) is 13.4. The van der Waals surface area contributed by atoms with E-state index in [1.165, 1.54) is 16.0 Å². The number of piperazine rings is 1. The number of thiocarbonyl (C=S) groups is 1. The van der Waals surface area contributed by atoms with Crippen molar-refractivity contribution in [1.82, 2.24) is 4.90 Å². The van der Waals surface area contributed by atoms with E-state index >= 15 is 0 Å². The lowest BCUT2D eigenvalue weighted by atomic mass is 10.1. The highest BCUT2D eigenvalue weighted by atomic mass is 35.5. The summed E-state index contributed by atoms with van der Waals surface area (Å²) in [7, 11) is 0. The Morgan fingerprint density at radius 1 is 1.11 bits per heavy atom. The molecule has 1 amide bonds. The second kappa shape index (κ2) is 9.37. The molecule has 0 bridgehead atoms. The number of benzene rings is 2. The molecule has 28 heavy (non-hydrogen) atoms. The van der Waals surface area contributed by atoms with Gasteiger partial charge >= 0.3 is 0 Å².